The highest BCUT2D eigenvalue weighted by Crippen LogP contribution is 1.97. The van der Waals surface area contributed by atoms with Gasteiger partial charge in [-0.25, -0.2) is 9.79 Å². The lowest BCUT2D eigenvalue weighted by atomic mass is 10.3. The van der Waals surface area contributed by atoms with Crippen LogP contribution >= 0.6 is 11.6 Å². The summed E-state index contributed by atoms with van der Waals surface area (Å²) in [6, 6.07) is -0.0332. The van der Waals surface area contributed by atoms with E-state index in [0.29, 0.717) is 5.88 Å². The predicted octanol–water partition coefficient (Wildman–Crippen LogP) is 1.34. The maximum Gasteiger partial charge on any atom is 0.235 e. The van der Waals surface area contributed by atoms with Gasteiger partial charge in [-0.2, -0.15) is 0 Å². The van der Waals surface area contributed by atoms with Crippen LogP contribution in [-0.2, 0) is 4.79 Å². The summed E-state index contributed by atoms with van der Waals surface area (Å²) in [6.07, 6.45) is 2.26. The maximum absolute atomic E-state index is 9.58. The molecule has 0 bridgehead atoms. The zero-order valence-electron chi connectivity index (χ0n) is 4.72. The van der Waals surface area contributed by atoms with Gasteiger partial charge in [0.1, 0.15) is 0 Å². The Labute approximate surface area is 53.6 Å². The third kappa shape index (κ3) is 2.78. The van der Waals surface area contributed by atoms with Crippen molar-refractivity contribution in [2.45, 2.75) is 19.4 Å². The average Bonchev–Trinajstić information content (AvgIpc) is 1.83. The van der Waals surface area contributed by atoms with E-state index in [1.165, 1.54) is 6.08 Å². The molecule has 0 aliphatic rings. The van der Waals surface area contributed by atoms with Crippen molar-refractivity contribution in [1.29, 1.82) is 0 Å². The lowest BCUT2D eigenvalue weighted by Crippen LogP contribution is -2.02. The lowest BCUT2D eigenvalue weighted by molar-refractivity contribution is 0.557. The predicted molar refractivity (Wildman–Crippen MR) is 32.9 cm³/mol. The molecule has 0 aromatic rings. The van der Waals surface area contributed by atoms with Crippen LogP contribution in [0.3, 0.4) is 0 Å². The zero-order chi connectivity index (χ0) is 6.41. The van der Waals surface area contributed by atoms with Crippen LogP contribution in [0.4, 0.5) is 0 Å². The van der Waals surface area contributed by atoms with Gasteiger partial charge in [-0.3, -0.25) is 0 Å². The summed E-state index contributed by atoms with van der Waals surface area (Å²) in [4.78, 5) is 13.0. The minimum absolute atomic E-state index is 0.0332. The zero-order valence-corrected chi connectivity index (χ0v) is 5.48. The Morgan fingerprint density at radius 1 is 1.88 bits per heavy atom. The summed E-state index contributed by atoms with van der Waals surface area (Å²) in [6.45, 7) is 1.92. The Hall–Kier alpha value is -0.330. The summed E-state index contributed by atoms with van der Waals surface area (Å²) < 4.78 is 0. The number of hydrogen-bond donors (Lipinski definition) is 0. The van der Waals surface area contributed by atoms with Crippen LogP contribution in [0, 0.1) is 0 Å². The summed E-state index contributed by atoms with van der Waals surface area (Å²) in [5.74, 6) is 0.408. The number of aliphatic imine (C=N–C) groups is 1. The molecule has 0 aliphatic heterocycles. The van der Waals surface area contributed by atoms with Gasteiger partial charge in [0.2, 0.25) is 6.08 Å². The molecule has 0 saturated heterocycles. The fraction of sp³-hybridized carbons (Fsp3) is 0.800. The van der Waals surface area contributed by atoms with Crippen LogP contribution in [0.1, 0.15) is 13.3 Å². The Kier molecular flexibility index (Phi) is 4.62. The van der Waals surface area contributed by atoms with Gasteiger partial charge in [-0.15, -0.1) is 11.6 Å². The Balaban J connectivity index is 3.52. The van der Waals surface area contributed by atoms with Crippen molar-refractivity contribution in [2.24, 2.45) is 4.99 Å². The van der Waals surface area contributed by atoms with E-state index in [1.54, 1.807) is 0 Å². The van der Waals surface area contributed by atoms with Gasteiger partial charge in [0.05, 0.1) is 6.04 Å². The molecule has 0 saturated carbocycles. The molecule has 3 heteroatoms. The molecule has 0 heterocycles. The van der Waals surface area contributed by atoms with Crippen LogP contribution in [0.5, 0.6) is 0 Å². The van der Waals surface area contributed by atoms with E-state index in [1.807, 2.05) is 6.92 Å². The minimum atomic E-state index is -0.0332. The second-order valence-corrected chi connectivity index (χ2v) is 1.75. The van der Waals surface area contributed by atoms with Gasteiger partial charge in [-0.05, 0) is 6.42 Å². The topological polar surface area (TPSA) is 29.4 Å². The monoisotopic (exact) mass is 133 g/mol. The summed E-state index contributed by atoms with van der Waals surface area (Å²) in [5, 5.41) is 0. The molecule has 46 valence electrons. The number of nitrogens with zero attached hydrogens (tertiary/aromatic N) is 1. The van der Waals surface area contributed by atoms with E-state index in [0.717, 1.165) is 6.42 Å². The third-order valence-corrected chi connectivity index (χ3v) is 1.24. The maximum atomic E-state index is 9.58. The van der Waals surface area contributed by atoms with Crippen molar-refractivity contribution in [3.63, 3.8) is 0 Å². The number of carbonyl (C=O) groups excluding carboxylic acids is 1. The molecule has 0 fully saturated rings. The molecule has 8 heavy (non-hydrogen) atoms. The van der Waals surface area contributed by atoms with E-state index in [2.05, 4.69) is 4.99 Å². The number of rotatable bonds is 3. The van der Waals surface area contributed by atoms with Crippen molar-refractivity contribution in [3.8, 4) is 0 Å². The Bertz CT molecular complexity index is 94.6. The highest BCUT2D eigenvalue weighted by atomic mass is 35.5. The molecular weight excluding hydrogens is 126 g/mol. The molecule has 1 atom stereocenters. The molecule has 0 rings (SSSR count). The first-order valence-corrected chi connectivity index (χ1v) is 3.01. The Morgan fingerprint density at radius 3 is 2.62 bits per heavy atom. The molecule has 0 aromatic heterocycles. The molecule has 0 spiro atoms. The van der Waals surface area contributed by atoms with Crippen LogP contribution < -0.4 is 0 Å². The fourth-order valence-corrected chi connectivity index (χ4v) is 0.597. The van der Waals surface area contributed by atoms with Crippen LogP contribution in [0.25, 0.3) is 0 Å². The average molecular weight is 134 g/mol. The Morgan fingerprint density at radius 2 is 2.50 bits per heavy atom. The van der Waals surface area contributed by atoms with Crippen LogP contribution in [0.2, 0.25) is 0 Å². The van der Waals surface area contributed by atoms with Gasteiger partial charge in [0.15, 0.2) is 0 Å². The quantitative estimate of drug-likeness (QED) is 0.325. The van der Waals surface area contributed by atoms with Gasteiger partial charge < -0.3 is 0 Å². The van der Waals surface area contributed by atoms with Gasteiger partial charge >= 0.3 is 0 Å². The number of halogens is 1. The normalized spacial score (nSPS) is 12.2. The third-order valence-electron chi connectivity index (χ3n) is 0.885. The van der Waals surface area contributed by atoms with Gasteiger partial charge in [0.25, 0.3) is 0 Å². The lowest BCUT2D eigenvalue weighted by Gasteiger charge is -1.97. The molecule has 0 aromatic carbocycles. The molecule has 0 N–H and O–H groups in total. The molecule has 0 aliphatic carbocycles. The second-order valence-electron chi connectivity index (χ2n) is 1.44. The van der Waals surface area contributed by atoms with Crippen molar-refractivity contribution >= 4 is 17.7 Å². The molecule has 1 unspecified atom stereocenters. The molecule has 2 nitrogen and oxygen atoms in total. The summed E-state index contributed by atoms with van der Waals surface area (Å²) >= 11 is 5.37. The standard InChI is InChI=1S/C5H8ClNO/c1-2-5(3-6)7-4-8/h5H,2-3H2,1H3. The van der Waals surface area contributed by atoms with Gasteiger partial charge in [0, 0.05) is 5.88 Å². The van der Waals surface area contributed by atoms with Crippen molar-refractivity contribution < 1.29 is 4.79 Å². The number of alkyl halides is 1. The van der Waals surface area contributed by atoms with E-state index in [-0.39, 0.29) is 6.04 Å². The van der Waals surface area contributed by atoms with E-state index >= 15 is 0 Å². The molecule has 0 amide bonds. The SMILES string of the molecule is CCC(CCl)N=C=O. The van der Waals surface area contributed by atoms with Gasteiger partial charge in [-0.1, -0.05) is 6.92 Å². The molecular formula is C5H8ClNO. The first kappa shape index (κ1) is 7.67. The minimum Gasteiger partial charge on any atom is -0.211 e. The van der Waals surface area contributed by atoms with Crippen molar-refractivity contribution in [2.75, 3.05) is 5.88 Å². The fourth-order valence-electron chi connectivity index (χ4n) is 0.309. The van der Waals surface area contributed by atoms with Crippen LogP contribution in [0.15, 0.2) is 4.99 Å². The number of isocyanates is 1. The highest BCUT2D eigenvalue weighted by molar-refractivity contribution is 6.18. The van der Waals surface area contributed by atoms with E-state index in [4.69, 9.17) is 11.6 Å². The van der Waals surface area contributed by atoms with Crippen molar-refractivity contribution in [3.05, 3.63) is 0 Å². The largest absolute Gasteiger partial charge is 0.235 e. The smallest absolute Gasteiger partial charge is 0.211 e. The van der Waals surface area contributed by atoms with Crippen LogP contribution in [-0.4, -0.2) is 18.0 Å². The van der Waals surface area contributed by atoms with E-state index < -0.39 is 0 Å². The first-order chi connectivity index (χ1) is 3.85. The first-order valence-electron chi connectivity index (χ1n) is 2.48. The summed E-state index contributed by atoms with van der Waals surface area (Å²) in [5.41, 5.74) is 0. The second kappa shape index (κ2) is 4.82. The van der Waals surface area contributed by atoms with Crippen molar-refractivity contribution in [1.82, 2.24) is 0 Å². The number of hydrogen-bond acceptors (Lipinski definition) is 2. The summed E-state index contributed by atoms with van der Waals surface area (Å²) in [7, 11) is 0. The van der Waals surface area contributed by atoms with E-state index in [9.17, 15) is 4.79 Å². The highest BCUT2D eigenvalue weighted by Gasteiger charge is 1.97. The molecule has 0 radical (unpaired) electrons.